The number of aromatic nitrogens is 3. The van der Waals surface area contributed by atoms with Crippen LogP contribution in [0.1, 0.15) is 42.1 Å². The van der Waals surface area contributed by atoms with Gasteiger partial charge in [0.15, 0.2) is 5.65 Å². The van der Waals surface area contributed by atoms with Crippen molar-refractivity contribution in [1.82, 2.24) is 24.8 Å². The summed E-state index contributed by atoms with van der Waals surface area (Å²) < 4.78 is 1.80. The van der Waals surface area contributed by atoms with Crippen LogP contribution in [0, 0.1) is 5.92 Å². The molecule has 0 bridgehead atoms. The molecule has 35 heavy (non-hydrogen) atoms. The molecule has 6 rings (SSSR count). The van der Waals surface area contributed by atoms with Gasteiger partial charge in [0.25, 0.3) is 5.91 Å². The minimum absolute atomic E-state index is 0.0180. The van der Waals surface area contributed by atoms with E-state index in [1.54, 1.807) is 4.52 Å². The first-order valence-corrected chi connectivity index (χ1v) is 12.5. The van der Waals surface area contributed by atoms with Crippen molar-refractivity contribution in [3.63, 3.8) is 0 Å². The number of hydrogen-bond acceptors (Lipinski definition) is 5. The largest absolute Gasteiger partial charge is 0.349 e. The van der Waals surface area contributed by atoms with E-state index in [1.807, 2.05) is 36.5 Å². The Bertz CT molecular complexity index is 1340. The van der Waals surface area contributed by atoms with Crippen molar-refractivity contribution >= 4 is 23.2 Å². The van der Waals surface area contributed by atoms with E-state index in [-0.39, 0.29) is 5.91 Å². The maximum atomic E-state index is 12.2. The van der Waals surface area contributed by atoms with E-state index in [0.29, 0.717) is 17.6 Å². The van der Waals surface area contributed by atoms with E-state index < -0.39 is 0 Å². The van der Waals surface area contributed by atoms with Gasteiger partial charge in [0, 0.05) is 42.1 Å². The third-order valence-electron chi connectivity index (χ3n) is 6.86. The molecule has 7 heteroatoms. The fourth-order valence-electron chi connectivity index (χ4n) is 4.73. The Balaban J connectivity index is 1.17. The molecule has 2 N–H and O–H groups in total. The molecule has 2 aliphatic rings. The van der Waals surface area contributed by atoms with Gasteiger partial charge >= 0.3 is 0 Å². The minimum atomic E-state index is -0.0180. The van der Waals surface area contributed by atoms with Crippen LogP contribution in [0.25, 0.3) is 16.8 Å². The van der Waals surface area contributed by atoms with Gasteiger partial charge in [0.2, 0.25) is 5.95 Å². The Hall–Kier alpha value is -3.71. The van der Waals surface area contributed by atoms with Crippen LogP contribution >= 0.6 is 0 Å². The van der Waals surface area contributed by atoms with Gasteiger partial charge in [0.05, 0.1) is 0 Å². The predicted molar refractivity (Wildman–Crippen MR) is 138 cm³/mol. The topological polar surface area (TPSA) is 74.6 Å². The van der Waals surface area contributed by atoms with Crippen LogP contribution in [-0.2, 0) is 6.54 Å². The Kier molecular flexibility index (Phi) is 5.70. The summed E-state index contributed by atoms with van der Waals surface area (Å²) >= 11 is 0. The molecule has 1 amide bonds. The number of carbonyl (C=O) groups excluding carboxylic acids is 1. The SMILES string of the molecule is CC1CCN(Cc2ccc(-c3cccn4nc(Nc5ccc(C(=O)NC6CC6)cc5)nc34)cc2)C1. The van der Waals surface area contributed by atoms with Crippen molar-refractivity contribution in [2.45, 2.75) is 38.8 Å². The molecule has 1 saturated carbocycles. The molecular formula is C28H30N6O. The molecule has 178 valence electrons. The monoisotopic (exact) mass is 466 g/mol. The summed E-state index contributed by atoms with van der Waals surface area (Å²) in [6.45, 7) is 5.71. The van der Waals surface area contributed by atoms with Crippen LogP contribution in [0.3, 0.4) is 0 Å². The third kappa shape index (κ3) is 4.91. The van der Waals surface area contributed by atoms with Crippen molar-refractivity contribution in [2.24, 2.45) is 5.92 Å². The number of nitrogens with zero attached hydrogens (tertiary/aromatic N) is 4. The highest BCUT2D eigenvalue weighted by Crippen LogP contribution is 2.26. The average molecular weight is 467 g/mol. The smallest absolute Gasteiger partial charge is 0.251 e. The summed E-state index contributed by atoms with van der Waals surface area (Å²) in [6, 6.07) is 20.6. The lowest BCUT2D eigenvalue weighted by Gasteiger charge is -2.15. The lowest BCUT2D eigenvalue weighted by molar-refractivity contribution is 0.0951. The number of hydrogen-bond donors (Lipinski definition) is 2. The van der Waals surface area contributed by atoms with Crippen molar-refractivity contribution in [3.8, 4) is 11.1 Å². The highest BCUT2D eigenvalue weighted by atomic mass is 16.1. The Morgan fingerprint density at radius 2 is 1.83 bits per heavy atom. The van der Waals surface area contributed by atoms with Gasteiger partial charge in [-0.1, -0.05) is 31.2 Å². The van der Waals surface area contributed by atoms with Crippen molar-refractivity contribution in [2.75, 3.05) is 18.4 Å². The molecule has 1 aliphatic heterocycles. The number of rotatable bonds is 7. The van der Waals surface area contributed by atoms with Gasteiger partial charge in [-0.25, -0.2) is 4.52 Å². The molecule has 1 unspecified atom stereocenters. The lowest BCUT2D eigenvalue weighted by Crippen LogP contribution is -2.25. The normalized spacial score (nSPS) is 18.1. The Morgan fingerprint density at radius 3 is 2.54 bits per heavy atom. The minimum Gasteiger partial charge on any atom is -0.349 e. The lowest BCUT2D eigenvalue weighted by atomic mass is 10.0. The van der Waals surface area contributed by atoms with Crippen molar-refractivity contribution in [3.05, 3.63) is 78.0 Å². The third-order valence-corrected chi connectivity index (χ3v) is 6.86. The predicted octanol–water partition coefficient (Wildman–Crippen LogP) is 4.87. The summed E-state index contributed by atoms with van der Waals surface area (Å²) in [7, 11) is 0. The molecule has 2 aromatic carbocycles. The van der Waals surface area contributed by atoms with Crippen molar-refractivity contribution < 1.29 is 4.79 Å². The van der Waals surface area contributed by atoms with E-state index in [9.17, 15) is 4.79 Å². The number of amides is 1. The van der Waals surface area contributed by atoms with Crippen LogP contribution in [0.5, 0.6) is 0 Å². The number of benzene rings is 2. The second-order valence-corrected chi connectivity index (χ2v) is 9.90. The maximum Gasteiger partial charge on any atom is 0.251 e. The van der Waals surface area contributed by atoms with Crippen LogP contribution in [-0.4, -0.2) is 44.5 Å². The summed E-state index contributed by atoms with van der Waals surface area (Å²) in [5.74, 6) is 1.30. The number of nitrogens with one attached hydrogen (secondary N) is 2. The maximum absolute atomic E-state index is 12.2. The van der Waals surface area contributed by atoms with Gasteiger partial charge in [-0.2, -0.15) is 4.98 Å². The summed E-state index contributed by atoms with van der Waals surface area (Å²) in [5, 5.41) is 10.9. The first-order chi connectivity index (χ1) is 17.1. The van der Waals surface area contributed by atoms with E-state index in [1.165, 1.54) is 25.1 Å². The van der Waals surface area contributed by atoms with E-state index >= 15 is 0 Å². The second kappa shape index (κ2) is 9.15. The van der Waals surface area contributed by atoms with E-state index in [4.69, 9.17) is 4.98 Å². The highest BCUT2D eigenvalue weighted by Gasteiger charge is 2.23. The first kappa shape index (κ1) is 21.8. The van der Waals surface area contributed by atoms with Crippen molar-refractivity contribution in [1.29, 1.82) is 0 Å². The molecule has 0 radical (unpaired) electrons. The van der Waals surface area contributed by atoms with E-state index in [0.717, 1.165) is 47.8 Å². The van der Waals surface area contributed by atoms with Crippen LogP contribution < -0.4 is 10.6 Å². The molecule has 4 aromatic rings. The Labute approximate surface area is 205 Å². The first-order valence-electron chi connectivity index (χ1n) is 12.5. The van der Waals surface area contributed by atoms with Gasteiger partial charge < -0.3 is 10.6 Å². The molecule has 2 aromatic heterocycles. The van der Waals surface area contributed by atoms with Gasteiger partial charge in [-0.15, -0.1) is 5.10 Å². The van der Waals surface area contributed by atoms with Crippen LogP contribution in [0.2, 0.25) is 0 Å². The fourth-order valence-corrected chi connectivity index (χ4v) is 4.73. The van der Waals surface area contributed by atoms with Gasteiger partial charge in [-0.3, -0.25) is 9.69 Å². The number of carbonyl (C=O) groups is 1. The molecule has 1 aliphatic carbocycles. The average Bonchev–Trinajstić information content (AvgIpc) is 3.43. The molecule has 0 spiro atoms. The number of pyridine rings is 1. The molecule has 1 saturated heterocycles. The summed E-state index contributed by atoms with van der Waals surface area (Å²) in [5.41, 5.74) is 5.81. The van der Waals surface area contributed by atoms with E-state index in [2.05, 4.69) is 57.9 Å². The fraction of sp³-hybridized carbons (Fsp3) is 0.321. The quantitative estimate of drug-likeness (QED) is 0.406. The number of fused-ring (bicyclic) bond motifs is 1. The zero-order valence-corrected chi connectivity index (χ0v) is 19.9. The molecule has 7 nitrogen and oxygen atoms in total. The number of likely N-dealkylation sites (tertiary alicyclic amines) is 1. The summed E-state index contributed by atoms with van der Waals surface area (Å²) in [4.78, 5) is 19.5. The zero-order chi connectivity index (χ0) is 23.8. The van der Waals surface area contributed by atoms with Crippen LogP contribution in [0.15, 0.2) is 66.9 Å². The molecule has 2 fully saturated rings. The van der Waals surface area contributed by atoms with Crippen LogP contribution in [0.4, 0.5) is 11.6 Å². The zero-order valence-electron chi connectivity index (χ0n) is 19.9. The van der Waals surface area contributed by atoms with Gasteiger partial charge in [0.1, 0.15) is 0 Å². The van der Waals surface area contributed by atoms with Gasteiger partial charge in [-0.05, 0) is 79.3 Å². The Morgan fingerprint density at radius 1 is 1.03 bits per heavy atom. The standard InChI is InChI=1S/C28H30N6O/c1-19-14-16-33(17-19)18-20-4-6-21(7-5-20)25-3-2-15-34-26(25)31-28(32-34)30-24-10-8-22(9-11-24)27(35)29-23-12-13-23/h2-11,15,19,23H,12-14,16-18H2,1H3,(H,29,35)(H,30,32). The molecular weight excluding hydrogens is 436 g/mol. The number of anilines is 2. The second-order valence-electron chi connectivity index (χ2n) is 9.90. The molecule has 3 heterocycles. The summed E-state index contributed by atoms with van der Waals surface area (Å²) in [6.07, 6.45) is 5.36. The molecule has 1 atom stereocenters. The highest BCUT2D eigenvalue weighted by molar-refractivity contribution is 5.95.